The zero-order chi connectivity index (χ0) is 13.1. The lowest BCUT2D eigenvalue weighted by Gasteiger charge is -2.24. The molecule has 0 aliphatic heterocycles. The maximum Gasteiger partial charge on any atom is 0.128 e. The van der Waals surface area contributed by atoms with Gasteiger partial charge >= 0.3 is 0 Å². The van der Waals surface area contributed by atoms with E-state index < -0.39 is 0 Å². The summed E-state index contributed by atoms with van der Waals surface area (Å²) in [4.78, 5) is 0. The Morgan fingerprint density at radius 3 is 2.59 bits per heavy atom. The van der Waals surface area contributed by atoms with Gasteiger partial charge in [-0.1, -0.05) is 6.07 Å². The summed E-state index contributed by atoms with van der Waals surface area (Å²) in [7, 11) is 0. The van der Waals surface area contributed by atoms with Crippen molar-refractivity contribution in [1.29, 1.82) is 5.26 Å². The van der Waals surface area contributed by atoms with E-state index in [4.69, 9.17) is 5.26 Å². The molecule has 2 N–H and O–H groups in total. The predicted molar refractivity (Wildman–Crippen MR) is 76.8 cm³/mol. The number of nitrogens with zero attached hydrogens (tertiary/aromatic N) is 1. The Balaban J connectivity index is 2.75. The third-order valence-electron chi connectivity index (χ3n) is 2.21. The SMILES string of the molecule is CC(C)(C)NC(C#N)Cc1ccc(O)c(I)c1. The van der Waals surface area contributed by atoms with E-state index in [-0.39, 0.29) is 17.3 Å². The van der Waals surface area contributed by atoms with Gasteiger partial charge < -0.3 is 5.11 Å². The highest BCUT2D eigenvalue weighted by Gasteiger charge is 2.17. The molecule has 0 aliphatic rings. The maximum atomic E-state index is 9.43. The zero-order valence-electron chi connectivity index (χ0n) is 10.3. The van der Waals surface area contributed by atoms with E-state index in [0.717, 1.165) is 9.13 Å². The van der Waals surface area contributed by atoms with Crippen LogP contribution in [0.2, 0.25) is 0 Å². The van der Waals surface area contributed by atoms with Gasteiger partial charge in [-0.3, -0.25) is 5.32 Å². The van der Waals surface area contributed by atoms with Crippen LogP contribution in [0.4, 0.5) is 0 Å². The fourth-order valence-corrected chi connectivity index (χ4v) is 2.14. The van der Waals surface area contributed by atoms with Crippen molar-refractivity contribution in [2.75, 3.05) is 0 Å². The van der Waals surface area contributed by atoms with Crippen molar-refractivity contribution in [3.8, 4) is 11.8 Å². The summed E-state index contributed by atoms with van der Waals surface area (Å²) < 4.78 is 0.813. The van der Waals surface area contributed by atoms with E-state index in [9.17, 15) is 5.11 Å². The van der Waals surface area contributed by atoms with Gasteiger partial charge in [-0.05, 0) is 61.1 Å². The molecule has 0 saturated heterocycles. The van der Waals surface area contributed by atoms with E-state index in [0.29, 0.717) is 6.42 Å². The minimum atomic E-state index is -0.213. The van der Waals surface area contributed by atoms with Crippen LogP contribution in [0.15, 0.2) is 18.2 Å². The highest BCUT2D eigenvalue weighted by Crippen LogP contribution is 2.21. The molecule has 0 fully saturated rings. The second kappa shape index (κ2) is 5.69. The van der Waals surface area contributed by atoms with Gasteiger partial charge in [-0.15, -0.1) is 0 Å². The molecule has 1 unspecified atom stereocenters. The molecule has 0 heterocycles. The lowest BCUT2D eigenvalue weighted by atomic mass is 10.0. The van der Waals surface area contributed by atoms with Gasteiger partial charge in [0.15, 0.2) is 0 Å². The fourth-order valence-electron chi connectivity index (χ4n) is 1.56. The van der Waals surface area contributed by atoms with Crippen molar-refractivity contribution >= 4 is 22.6 Å². The summed E-state index contributed by atoms with van der Waals surface area (Å²) in [5.74, 6) is 0.284. The summed E-state index contributed by atoms with van der Waals surface area (Å²) in [5, 5.41) is 21.8. The second-order valence-corrected chi connectivity index (χ2v) is 6.23. The molecule has 0 aromatic heterocycles. The van der Waals surface area contributed by atoms with E-state index >= 15 is 0 Å². The number of phenols is 1. The normalized spacial score (nSPS) is 13.1. The first-order chi connectivity index (χ1) is 7.81. The van der Waals surface area contributed by atoms with Crippen LogP contribution in [0.3, 0.4) is 0 Å². The Kier molecular flexibility index (Phi) is 4.78. The molecular weight excluding hydrogens is 327 g/mol. The number of halogens is 1. The molecule has 0 saturated carbocycles. The highest BCUT2D eigenvalue weighted by molar-refractivity contribution is 14.1. The number of rotatable bonds is 3. The molecule has 1 aromatic carbocycles. The van der Waals surface area contributed by atoms with E-state index in [2.05, 4.69) is 34.0 Å². The molecule has 0 bridgehead atoms. The van der Waals surface area contributed by atoms with Crippen LogP contribution < -0.4 is 5.32 Å². The highest BCUT2D eigenvalue weighted by atomic mass is 127. The van der Waals surface area contributed by atoms with Crippen LogP contribution in [0, 0.1) is 14.9 Å². The first kappa shape index (κ1) is 14.3. The van der Waals surface area contributed by atoms with Gasteiger partial charge in [0.2, 0.25) is 0 Å². The van der Waals surface area contributed by atoms with E-state index in [1.54, 1.807) is 6.07 Å². The summed E-state index contributed by atoms with van der Waals surface area (Å²) in [6.07, 6.45) is 0.643. The Hall–Kier alpha value is -0.800. The standard InChI is InChI=1S/C13H17IN2O/c1-13(2,3)16-10(8-15)6-9-4-5-12(17)11(14)7-9/h4-5,7,10,16-17H,6H2,1-3H3. The minimum absolute atomic E-state index is 0.0789. The fraction of sp³-hybridized carbons (Fsp3) is 0.462. The van der Waals surface area contributed by atoms with Gasteiger partial charge in [-0.25, -0.2) is 0 Å². The summed E-state index contributed by atoms with van der Waals surface area (Å²) in [6.45, 7) is 6.12. The lowest BCUT2D eigenvalue weighted by molar-refractivity contribution is 0.394. The molecule has 1 aromatic rings. The minimum Gasteiger partial charge on any atom is -0.507 e. The number of benzene rings is 1. The number of nitriles is 1. The first-order valence-electron chi connectivity index (χ1n) is 5.46. The molecule has 0 aliphatic carbocycles. The molecule has 0 radical (unpaired) electrons. The molecule has 0 amide bonds. The molecule has 4 heteroatoms. The molecule has 92 valence electrons. The summed E-state index contributed by atoms with van der Waals surface area (Å²) >= 11 is 2.08. The average Bonchev–Trinajstić information content (AvgIpc) is 2.20. The van der Waals surface area contributed by atoms with Crippen LogP contribution in [0.5, 0.6) is 5.75 Å². The number of aromatic hydroxyl groups is 1. The van der Waals surface area contributed by atoms with Crippen molar-refractivity contribution in [3.05, 3.63) is 27.3 Å². The van der Waals surface area contributed by atoms with Crippen molar-refractivity contribution in [2.24, 2.45) is 0 Å². The lowest BCUT2D eigenvalue weighted by Crippen LogP contribution is -2.43. The third kappa shape index (κ3) is 4.92. The van der Waals surface area contributed by atoms with Gasteiger partial charge in [0.25, 0.3) is 0 Å². The van der Waals surface area contributed by atoms with Gasteiger partial charge in [0, 0.05) is 12.0 Å². The predicted octanol–water partition coefficient (Wildman–Crippen LogP) is 2.82. The maximum absolute atomic E-state index is 9.43. The van der Waals surface area contributed by atoms with Gasteiger partial charge in [-0.2, -0.15) is 5.26 Å². The van der Waals surface area contributed by atoms with Crippen molar-refractivity contribution in [2.45, 2.75) is 38.8 Å². The monoisotopic (exact) mass is 344 g/mol. The van der Waals surface area contributed by atoms with Crippen molar-refractivity contribution in [3.63, 3.8) is 0 Å². The number of phenolic OH excluding ortho intramolecular Hbond substituents is 1. The van der Waals surface area contributed by atoms with Crippen LogP contribution in [0.25, 0.3) is 0 Å². The average molecular weight is 344 g/mol. The summed E-state index contributed by atoms with van der Waals surface area (Å²) in [6, 6.07) is 7.48. The van der Waals surface area contributed by atoms with Crippen molar-refractivity contribution < 1.29 is 5.11 Å². The topological polar surface area (TPSA) is 56.0 Å². The zero-order valence-corrected chi connectivity index (χ0v) is 12.4. The van der Waals surface area contributed by atoms with E-state index in [1.807, 2.05) is 32.9 Å². The molecule has 3 nitrogen and oxygen atoms in total. The third-order valence-corrected chi connectivity index (χ3v) is 3.08. The Labute approximate surface area is 116 Å². The quantitative estimate of drug-likeness (QED) is 0.829. The first-order valence-corrected chi connectivity index (χ1v) is 6.54. The van der Waals surface area contributed by atoms with Crippen LogP contribution in [-0.4, -0.2) is 16.7 Å². The number of hydrogen-bond acceptors (Lipinski definition) is 3. The Bertz CT molecular complexity index is 432. The largest absolute Gasteiger partial charge is 0.507 e. The smallest absolute Gasteiger partial charge is 0.128 e. The summed E-state index contributed by atoms with van der Waals surface area (Å²) in [5.41, 5.74) is 0.972. The second-order valence-electron chi connectivity index (χ2n) is 5.07. The van der Waals surface area contributed by atoms with E-state index in [1.165, 1.54) is 0 Å². The Morgan fingerprint density at radius 2 is 2.12 bits per heavy atom. The Morgan fingerprint density at radius 1 is 1.47 bits per heavy atom. The number of hydrogen-bond donors (Lipinski definition) is 2. The molecule has 17 heavy (non-hydrogen) atoms. The van der Waals surface area contributed by atoms with Crippen LogP contribution >= 0.6 is 22.6 Å². The van der Waals surface area contributed by atoms with Crippen LogP contribution in [0.1, 0.15) is 26.3 Å². The van der Waals surface area contributed by atoms with Gasteiger partial charge in [0.1, 0.15) is 5.75 Å². The van der Waals surface area contributed by atoms with Gasteiger partial charge in [0.05, 0.1) is 15.7 Å². The number of nitrogens with one attached hydrogen (secondary N) is 1. The van der Waals surface area contributed by atoms with Crippen molar-refractivity contribution in [1.82, 2.24) is 5.32 Å². The molecule has 1 atom stereocenters. The molecule has 0 spiro atoms. The molecular formula is C13H17IN2O. The van der Waals surface area contributed by atoms with Crippen LogP contribution in [-0.2, 0) is 6.42 Å². The molecule has 1 rings (SSSR count).